The van der Waals surface area contributed by atoms with Crippen LogP contribution in [0.3, 0.4) is 0 Å². The van der Waals surface area contributed by atoms with Crippen LogP contribution in [-0.4, -0.2) is 34.1 Å². The van der Waals surface area contributed by atoms with Gasteiger partial charge in [0.1, 0.15) is 5.75 Å². The highest BCUT2D eigenvalue weighted by molar-refractivity contribution is 5.80. The van der Waals surface area contributed by atoms with Gasteiger partial charge in [-0.15, -0.1) is 0 Å². The van der Waals surface area contributed by atoms with E-state index in [-0.39, 0.29) is 17.9 Å². The van der Waals surface area contributed by atoms with Crippen LogP contribution < -0.4 is 4.74 Å². The zero-order chi connectivity index (χ0) is 21.1. The number of amides is 1. The smallest absolute Gasteiger partial charge is 0.232 e. The highest BCUT2D eigenvalue weighted by Crippen LogP contribution is 2.34. The molecule has 2 atom stereocenters. The zero-order valence-electron chi connectivity index (χ0n) is 17.6. The maximum atomic E-state index is 12.6. The number of benzene rings is 2. The first-order valence-electron chi connectivity index (χ1n) is 10.4. The van der Waals surface area contributed by atoms with Crippen molar-refractivity contribution in [2.45, 2.75) is 39.2 Å². The van der Waals surface area contributed by atoms with E-state index in [1.807, 2.05) is 59.5 Å². The summed E-state index contributed by atoms with van der Waals surface area (Å²) in [7, 11) is 0. The number of aromatic nitrogens is 2. The number of carbonyl (C=O) groups is 1. The Kier molecular flexibility index (Phi) is 5.84. The summed E-state index contributed by atoms with van der Waals surface area (Å²) in [6.07, 6.45) is 0.390. The van der Waals surface area contributed by atoms with Gasteiger partial charge in [-0.1, -0.05) is 49.3 Å². The van der Waals surface area contributed by atoms with Crippen molar-refractivity contribution in [3.05, 3.63) is 66.1 Å². The quantitative estimate of drug-likeness (QED) is 0.562. The van der Waals surface area contributed by atoms with Crippen LogP contribution in [0, 0.1) is 5.92 Å². The van der Waals surface area contributed by atoms with Crippen molar-refractivity contribution < 1.29 is 14.1 Å². The van der Waals surface area contributed by atoms with Gasteiger partial charge in [0.25, 0.3) is 0 Å². The molecule has 30 heavy (non-hydrogen) atoms. The molecule has 2 unspecified atom stereocenters. The third kappa shape index (κ3) is 4.37. The van der Waals surface area contributed by atoms with E-state index < -0.39 is 0 Å². The van der Waals surface area contributed by atoms with Crippen LogP contribution in [0.5, 0.6) is 5.75 Å². The van der Waals surface area contributed by atoms with Gasteiger partial charge in [-0.3, -0.25) is 4.79 Å². The van der Waals surface area contributed by atoms with Crippen molar-refractivity contribution in [1.82, 2.24) is 15.0 Å². The lowest BCUT2D eigenvalue weighted by atomic mass is 10.1. The molecule has 0 aliphatic carbocycles. The van der Waals surface area contributed by atoms with Crippen LogP contribution in [-0.2, 0) is 4.79 Å². The molecule has 156 valence electrons. The predicted molar refractivity (Wildman–Crippen MR) is 114 cm³/mol. The maximum Gasteiger partial charge on any atom is 0.232 e. The second kappa shape index (κ2) is 8.69. The molecule has 0 radical (unpaired) electrons. The molecule has 0 spiro atoms. The van der Waals surface area contributed by atoms with E-state index in [9.17, 15) is 4.79 Å². The minimum absolute atomic E-state index is 0.0180. The standard InChI is InChI=1S/C24H27N3O3/c1-16(2)15-29-21-11-9-19(10-12-21)23-25-24(30-26-23)20-13-22(28)27(14-20)17(3)18-7-5-4-6-8-18/h4-12,16-17,20H,13-15H2,1-3H3. The second-order valence-corrected chi connectivity index (χ2v) is 8.22. The molecule has 1 saturated heterocycles. The van der Waals surface area contributed by atoms with Crippen LogP contribution in [0.1, 0.15) is 50.6 Å². The zero-order valence-corrected chi connectivity index (χ0v) is 17.6. The average Bonchev–Trinajstić information content (AvgIpc) is 3.40. The highest BCUT2D eigenvalue weighted by atomic mass is 16.5. The van der Waals surface area contributed by atoms with Crippen LogP contribution in [0.2, 0.25) is 0 Å². The Bertz CT molecular complexity index is 982. The monoisotopic (exact) mass is 405 g/mol. The minimum Gasteiger partial charge on any atom is -0.493 e. The summed E-state index contributed by atoms with van der Waals surface area (Å²) in [6, 6.07) is 17.8. The number of rotatable bonds is 7. The van der Waals surface area contributed by atoms with Crippen molar-refractivity contribution in [2.24, 2.45) is 5.92 Å². The minimum atomic E-state index is -0.0847. The third-order valence-electron chi connectivity index (χ3n) is 5.39. The molecule has 1 aliphatic heterocycles. The summed E-state index contributed by atoms with van der Waals surface area (Å²) in [5.74, 6) is 2.37. The Morgan fingerprint density at radius 2 is 1.83 bits per heavy atom. The SMILES string of the molecule is CC(C)COc1ccc(-c2noc(C3CC(=O)N(C(C)c4ccccc4)C3)n2)cc1. The van der Waals surface area contributed by atoms with Gasteiger partial charge < -0.3 is 14.2 Å². The Balaban J connectivity index is 1.43. The van der Waals surface area contributed by atoms with E-state index >= 15 is 0 Å². The second-order valence-electron chi connectivity index (χ2n) is 8.22. The van der Waals surface area contributed by atoms with Gasteiger partial charge in [0, 0.05) is 18.5 Å². The summed E-state index contributed by atoms with van der Waals surface area (Å²) in [4.78, 5) is 19.1. The van der Waals surface area contributed by atoms with E-state index in [1.165, 1.54) is 0 Å². The van der Waals surface area contributed by atoms with Crippen molar-refractivity contribution in [3.8, 4) is 17.1 Å². The van der Waals surface area contributed by atoms with Gasteiger partial charge in [0.15, 0.2) is 0 Å². The van der Waals surface area contributed by atoms with E-state index in [2.05, 4.69) is 30.9 Å². The van der Waals surface area contributed by atoms with E-state index in [0.717, 1.165) is 16.9 Å². The molecule has 4 rings (SSSR count). The summed E-state index contributed by atoms with van der Waals surface area (Å²) >= 11 is 0. The largest absolute Gasteiger partial charge is 0.493 e. The first kappa shape index (κ1) is 20.1. The number of nitrogens with zero attached hydrogens (tertiary/aromatic N) is 3. The fraction of sp³-hybridized carbons (Fsp3) is 0.375. The third-order valence-corrected chi connectivity index (χ3v) is 5.39. The van der Waals surface area contributed by atoms with Gasteiger partial charge in [-0.25, -0.2) is 0 Å². The van der Waals surface area contributed by atoms with E-state index in [4.69, 9.17) is 9.26 Å². The normalized spacial score (nSPS) is 17.5. The van der Waals surface area contributed by atoms with Gasteiger partial charge in [-0.2, -0.15) is 4.98 Å². The summed E-state index contributed by atoms with van der Waals surface area (Å²) in [6.45, 7) is 7.55. The summed E-state index contributed by atoms with van der Waals surface area (Å²) < 4.78 is 11.2. The molecule has 1 amide bonds. The lowest BCUT2D eigenvalue weighted by Gasteiger charge is -2.24. The molecule has 6 heteroatoms. The first-order valence-corrected chi connectivity index (χ1v) is 10.4. The van der Waals surface area contributed by atoms with Crippen molar-refractivity contribution in [2.75, 3.05) is 13.2 Å². The lowest BCUT2D eigenvalue weighted by molar-refractivity contribution is -0.129. The Morgan fingerprint density at radius 3 is 2.53 bits per heavy atom. The topological polar surface area (TPSA) is 68.5 Å². The molecule has 1 aliphatic rings. The van der Waals surface area contributed by atoms with Crippen LogP contribution >= 0.6 is 0 Å². The lowest BCUT2D eigenvalue weighted by Crippen LogP contribution is -2.28. The summed E-state index contributed by atoms with van der Waals surface area (Å²) in [5.41, 5.74) is 1.98. The Labute approximate surface area is 176 Å². The molecule has 0 N–H and O–H groups in total. The number of likely N-dealkylation sites (tertiary alicyclic amines) is 1. The fourth-order valence-corrected chi connectivity index (χ4v) is 3.66. The van der Waals surface area contributed by atoms with Crippen LogP contribution in [0.15, 0.2) is 59.1 Å². The van der Waals surface area contributed by atoms with E-state index in [1.54, 1.807) is 0 Å². The molecule has 0 saturated carbocycles. The molecule has 1 fully saturated rings. The molecule has 2 heterocycles. The molecule has 1 aromatic heterocycles. The van der Waals surface area contributed by atoms with Crippen molar-refractivity contribution in [1.29, 1.82) is 0 Å². The number of carbonyl (C=O) groups excluding carboxylic acids is 1. The predicted octanol–water partition coefficient (Wildman–Crippen LogP) is 4.85. The molecular weight excluding hydrogens is 378 g/mol. The fourth-order valence-electron chi connectivity index (χ4n) is 3.66. The van der Waals surface area contributed by atoms with Gasteiger partial charge in [0.05, 0.1) is 18.6 Å². The van der Waals surface area contributed by atoms with Crippen LogP contribution in [0.25, 0.3) is 11.4 Å². The Morgan fingerprint density at radius 1 is 1.10 bits per heavy atom. The van der Waals surface area contributed by atoms with Gasteiger partial charge >= 0.3 is 0 Å². The first-order chi connectivity index (χ1) is 14.5. The van der Waals surface area contributed by atoms with Crippen molar-refractivity contribution in [3.63, 3.8) is 0 Å². The number of hydrogen-bond donors (Lipinski definition) is 0. The molecule has 2 aromatic carbocycles. The van der Waals surface area contributed by atoms with Gasteiger partial charge in [0.2, 0.25) is 17.6 Å². The molecule has 0 bridgehead atoms. The number of hydrogen-bond acceptors (Lipinski definition) is 5. The van der Waals surface area contributed by atoms with Crippen LogP contribution in [0.4, 0.5) is 0 Å². The maximum absolute atomic E-state index is 12.6. The van der Waals surface area contributed by atoms with Gasteiger partial charge in [-0.05, 0) is 42.7 Å². The highest BCUT2D eigenvalue weighted by Gasteiger charge is 2.37. The molecule has 6 nitrogen and oxygen atoms in total. The van der Waals surface area contributed by atoms with Crippen molar-refractivity contribution >= 4 is 5.91 Å². The average molecular weight is 405 g/mol. The molecule has 3 aromatic rings. The van der Waals surface area contributed by atoms with E-state index in [0.29, 0.717) is 37.2 Å². The summed E-state index contributed by atoms with van der Waals surface area (Å²) in [5, 5.41) is 4.13. The Hall–Kier alpha value is -3.15. The molecular formula is C24H27N3O3. The number of ether oxygens (including phenoxy) is 1.